The lowest BCUT2D eigenvalue weighted by Crippen LogP contribution is -2.08. The summed E-state index contributed by atoms with van der Waals surface area (Å²) in [6.45, 7) is 1.98. The first-order chi connectivity index (χ1) is 9.70. The van der Waals surface area contributed by atoms with E-state index in [1.54, 1.807) is 18.2 Å². The Morgan fingerprint density at radius 2 is 1.75 bits per heavy atom. The van der Waals surface area contributed by atoms with Crippen molar-refractivity contribution in [2.24, 2.45) is 0 Å². The number of para-hydroxylation sites is 1. The lowest BCUT2D eigenvalue weighted by atomic mass is 10.0. The molecule has 0 radical (unpaired) electrons. The summed E-state index contributed by atoms with van der Waals surface area (Å²) in [7, 11) is 0. The van der Waals surface area contributed by atoms with Crippen LogP contribution < -0.4 is 5.43 Å². The van der Waals surface area contributed by atoms with Crippen molar-refractivity contribution >= 4 is 22.6 Å². The maximum absolute atomic E-state index is 12.7. The van der Waals surface area contributed by atoms with Crippen LogP contribution in [0.5, 0.6) is 0 Å². The summed E-state index contributed by atoms with van der Waals surface area (Å²) in [6, 6.07) is 14.6. The van der Waals surface area contributed by atoms with E-state index in [0.717, 1.165) is 5.56 Å². The van der Waals surface area contributed by atoms with Gasteiger partial charge in [-0.25, -0.2) is 0 Å². The molecule has 2 aromatic carbocycles. The largest absolute Gasteiger partial charge is 0.460 e. The summed E-state index contributed by atoms with van der Waals surface area (Å²) in [4.78, 5) is 12.7. The molecule has 3 aromatic rings. The third-order valence-corrected chi connectivity index (χ3v) is 3.58. The second-order valence-electron chi connectivity index (χ2n) is 4.59. The summed E-state index contributed by atoms with van der Waals surface area (Å²) in [5, 5.41) is 1.26. The second kappa shape index (κ2) is 5.14. The van der Waals surface area contributed by atoms with Crippen LogP contribution >= 0.6 is 11.6 Å². The zero-order valence-electron chi connectivity index (χ0n) is 11.0. The lowest BCUT2D eigenvalue weighted by molar-refractivity contribution is 0.546. The molecular formula is C17H13ClO2. The normalized spacial score (nSPS) is 10.9. The van der Waals surface area contributed by atoms with E-state index >= 15 is 0 Å². The molecule has 3 rings (SSSR count). The van der Waals surface area contributed by atoms with Crippen molar-refractivity contribution in [3.8, 4) is 11.1 Å². The Bertz CT molecular complexity index is 817. The molecule has 0 atom stereocenters. The lowest BCUT2D eigenvalue weighted by Gasteiger charge is -2.08. The number of benzene rings is 2. The molecule has 0 aliphatic rings. The molecule has 0 aliphatic heterocycles. The van der Waals surface area contributed by atoms with Crippen LogP contribution in [0, 0.1) is 0 Å². The predicted molar refractivity (Wildman–Crippen MR) is 82.3 cm³/mol. The minimum absolute atomic E-state index is 0.00558. The van der Waals surface area contributed by atoms with Gasteiger partial charge in [-0.05, 0) is 29.8 Å². The Kier molecular flexibility index (Phi) is 3.33. The van der Waals surface area contributed by atoms with E-state index in [1.807, 2.05) is 37.3 Å². The fourth-order valence-electron chi connectivity index (χ4n) is 2.35. The van der Waals surface area contributed by atoms with Gasteiger partial charge in [-0.1, -0.05) is 42.8 Å². The van der Waals surface area contributed by atoms with Gasteiger partial charge in [0, 0.05) is 11.4 Å². The van der Waals surface area contributed by atoms with Gasteiger partial charge in [0.15, 0.2) is 0 Å². The number of aryl methyl sites for hydroxylation is 1. The molecule has 0 unspecified atom stereocenters. The number of hydrogen-bond donors (Lipinski definition) is 0. The predicted octanol–water partition coefficient (Wildman–Crippen LogP) is 4.68. The van der Waals surface area contributed by atoms with Gasteiger partial charge in [0.25, 0.3) is 0 Å². The molecular weight excluding hydrogens is 272 g/mol. The Morgan fingerprint density at radius 3 is 2.45 bits per heavy atom. The Balaban J connectivity index is 2.36. The van der Waals surface area contributed by atoms with Crippen LogP contribution in [0.4, 0.5) is 0 Å². The zero-order valence-corrected chi connectivity index (χ0v) is 11.8. The van der Waals surface area contributed by atoms with Gasteiger partial charge >= 0.3 is 0 Å². The van der Waals surface area contributed by atoms with E-state index in [2.05, 4.69) is 0 Å². The number of halogens is 1. The summed E-state index contributed by atoms with van der Waals surface area (Å²) in [5.74, 6) is 0.705. The molecule has 0 fully saturated rings. The maximum atomic E-state index is 12.7. The highest BCUT2D eigenvalue weighted by Gasteiger charge is 2.14. The number of rotatable bonds is 2. The van der Waals surface area contributed by atoms with Crippen molar-refractivity contribution in [3.05, 3.63) is 69.5 Å². The monoisotopic (exact) mass is 284 g/mol. The SMILES string of the molecule is CCc1oc2ccccc2c(=O)c1-c1ccc(Cl)cc1. The van der Waals surface area contributed by atoms with Crippen LogP contribution in [-0.2, 0) is 6.42 Å². The fraction of sp³-hybridized carbons (Fsp3) is 0.118. The smallest absolute Gasteiger partial charge is 0.200 e. The average molecular weight is 285 g/mol. The highest BCUT2D eigenvalue weighted by Crippen LogP contribution is 2.26. The second-order valence-corrected chi connectivity index (χ2v) is 5.02. The molecule has 0 aliphatic carbocycles. The van der Waals surface area contributed by atoms with Crippen LogP contribution in [0.25, 0.3) is 22.1 Å². The molecule has 0 spiro atoms. The average Bonchev–Trinajstić information content (AvgIpc) is 2.48. The number of hydrogen-bond acceptors (Lipinski definition) is 2. The molecule has 0 N–H and O–H groups in total. The van der Waals surface area contributed by atoms with Gasteiger partial charge in [0.2, 0.25) is 5.43 Å². The summed E-state index contributed by atoms with van der Waals surface area (Å²) in [6.07, 6.45) is 0.665. The van der Waals surface area contributed by atoms with E-state index in [0.29, 0.717) is 33.7 Å². The Morgan fingerprint density at radius 1 is 1.05 bits per heavy atom. The molecule has 3 heteroatoms. The van der Waals surface area contributed by atoms with E-state index in [4.69, 9.17) is 16.0 Å². The van der Waals surface area contributed by atoms with Crippen molar-refractivity contribution in [1.29, 1.82) is 0 Å². The molecule has 1 heterocycles. The fourth-order valence-corrected chi connectivity index (χ4v) is 2.47. The van der Waals surface area contributed by atoms with Crippen molar-refractivity contribution in [2.75, 3.05) is 0 Å². The standard InChI is InChI=1S/C17H13ClO2/c1-2-14-16(11-7-9-12(18)10-8-11)17(19)13-5-3-4-6-15(13)20-14/h3-10H,2H2,1H3. The van der Waals surface area contributed by atoms with E-state index in [1.165, 1.54) is 0 Å². The summed E-state index contributed by atoms with van der Waals surface area (Å²) in [5.41, 5.74) is 2.10. The maximum Gasteiger partial charge on any atom is 0.200 e. The highest BCUT2D eigenvalue weighted by molar-refractivity contribution is 6.30. The van der Waals surface area contributed by atoms with Crippen LogP contribution in [-0.4, -0.2) is 0 Å². The van der Waals surface area contributed by atoms with Crippen LogP contribution in [0.15, 0.2) is 57.7 Å². The van der Waals surface area contributed by atoms with Crippen molar-refractivity contribution in [2.45, 2.75) is 13.3 Å². The zero-order chi connectivity index (χ0) is 14.1. The van der Waals surface area contributed by atoms with E-state index in [-0.39, 0.29) is 5.43 Å². The van der Waals surface area contributed by atoms with Crippen LogP contribution in [0.1, 0.15) is 12.7 Å². The molecule has 0 bridgehead atoms. The third kappa shape index (κ3) is 2.12. The van der Waals surface area contributed by atoms with Crippen molar-refractivity contribution < 1.29 is 4.42 Å². The minimum atomic E-state index is 0.00558. The van der Waals surface area contributed by atoms with Crippen LogP contribution in [0.2, 0.25) is 5.02 Å². The Hall–Kier alpha value is -2.06. The first-order valence-corrected chi connectivity index (χ1v) is 6.89. The van der Waals surface area contributed by atoms with Gasteiger partial charge in [-0.2, -0.15) is 0 Å². The van der Waals surface area contributed by atoms with Gasteiger partial charge < -0.3 is 4.42 Å². The topological polar surface area (TPSA) is 30.2 Å². The molecule has 0 saturated carbocycles. The van der Waals surface area contributed by atoms with Gasteiger partial charge in [0.05, 0.1) is 10.9 Å². The molecule has 100 valence electrons. The van der Waals surface area contributed by atoms with Gasteiger partial charge in [-0.15, -0.1) is 0 Å². The van der Waals surface area contributed by atoms with E-state index < -0.39 is 0 Å². The van der Waals surface area contributed by atoms with Gasteiger partial charge in [0.1, 0.15) is 11.3 Å². The first-order valence-electron chi connectivity index (χ1n) is 6.51. The van der Waals surface area contributed by atoms with Crippen molar-refractivity contribution in [1.82, 2.24) is 0 Å². The first kappa shape index (κ1) is 12.9. The molecule has 1 aromatic heterocycles. The molecule has 0 saturated heterocycles. The number of fused-ring (bicyclic) bond motifs is 1. The van der Waals surface area contributed by atoms with Crippen LogP contribution in [0.3, 0.4) is 0 Å². The summed E-state index contributed by atoms with van der Waals surface area (Å²) < 4.78 is 5.87. The molecule has 2 nitrogen and oxygen atoms in total. The molecule has 20 heavy (non-hydrogen) atoms. The van der Waals surface area contributed by atoms with Crippen molar-refractivity contribution in [3.63, 3.8) is 0 Å². The quantitative estimate of drug-likeness (QED) is 0.684. The third-order valence-electron chi connectivity index (χ3n) is 3.32. The van der Waals surface area contributed by atoms with Gasteiger partial charge in [-0.3, -0.25) is 4.79 Å². The molecule has 0 amide bonds. The minimum Gasteiger partial charge on any atom is -0.460 e. The summed E-state index contributed by atoms with van der Waals surface area (Å²) >= 11 is 5.91. The Labute approximate surface area is 121 Å². The van der Waals surface area contributed by atoms with E-state index in [9.17, 15) is 4.79 Å². The highest BCUT2D eigenvalue weighted by atomic mass is 35.5.